The number of hydrogen-bond donors (Lipinski definition) is 0. The van der Waals surface area contributed by atoms with Crippen molar-refractivity contribution in [3.63, 3.8) is 0 Å². The maximum absolute atomic E-state index is 2.54. The minimum atomic E-state index is -0.281. The summed E-state index contributed by atoms with van der Waals surface area (Å²) in [6, 6.07) is 21.4. The van der Waals surface area contributed by atoms with E-state index < -0.39 is 0 Å². The van der Waals surface area contributed by atoms with Crippen LogP contribution in [0.5, 0.6) is 0 Å². The Morgan fingerprint density at radius 3 is 1.27 bits per heavy atom. The topological polar surface area (TPSA) is 0 Å². The lowest BCUT2D eigenvalue weighted by atomic mass is 9.61. The summed E-state index contributed by atoms with van der Waals surface area (Å²) in [6.45, 7) is 15.6. The van der Waals surface area contributed by atoms with E-state index in [0.29, 0.717) is 0 Å². The van der Waals surface area contributed by atoms with E-state index in [1.165, 1.54) is 62.1 Å². The van der Waals surface area contributed by atoms with Crippen molar-refractivity contribution >= 4 is 0 Å². The highest BCUT2D eigenvalue weighted by Gasteiger charge is 2.43. The monoisotopic (exact) mass is 434 g/mol. The summed E-state index contributed by atoms with van der Waals surface area (Å²) in [6.07, 6.45) is 9.67. The first-order chi connectivity index (χ1) is 15.7. The van der Waals surface area contributed by atoms with Gasteiger partial charge in [-0.3, -0.25) is 0 Å². The van der Waals surface area contributed by atoms with Gasteiger partial charge in [0.15, 0.2) is 0 Å². The van der Waals surface area contributed by atoms with Gasteiger partial charge in [0.05, 0.1) is 5.41 Å². The van der Waals surface area contributed by atoms with Crippen molar-refractivity contribution in [1.29, 1.82) is 0 Å². The molecule has 0 amide bonds. The third-order valence-corrected chi connectivity index (χ3v) is 6.98. The average Bonchev–Trinajstić information content (AvgIpc) is 3.15. The Morgan fingerprint density at radius 2 is 0.939 bits per heavy atom. The first kappa shape index (κ1) is 23.3. The van der Waals surface area contributed by atoms with Crippen LogP contribution in [0, 0.1) is 47.5 Å². The second kappa shape index (κ2) is 9.18. The number of allylic oxidation sites excluding steroid dienone is 4. The van der Waals surface area contributed by atoms with E-state index >= 15 is 0 Å². The lowest BCUT2D eigenvalue weighted by molar-refractivity contribution is 0.525. The van der Waals surface area contributed by atoms with Crippen LogP contribution in [0.25, 0.3) is 0 Å². The fourth-order valence-corrected chi connectivity index (χ4v) is 5.98. The van der Waals surface area contributed by atoms with Gasteiger partial charge in [-0.15, -0.1) is 0 Å². The maximum atomic E-state index is 2.54. The van der Waals surface area contributed by atoms with Crippen LogP contribution in [0.1, 0.15) is 69.8 Å². The second-order valence-electron chi connectivity index (χ2n) is 10.3. The molecule has 0 saturated heterocycles. The predicted octanol–water partition coefficient (Wildman–Crippen LogP) is 8.78. The molecule has 0 N–H and O–H groups in total. The lowest BCUT2D eigenvalue weighted by Gasteiger charge is -2.41. The largest absolute Gasteiger partial charge is 0.0758 e. The van der Waals surface area contributed by atoms with Crippen molar-refractivity contribution < 1.29 is 0 Å². The zero-order valence-corrected chi connectivity index (χ0v) is 21.4. The van der Waals surface area contributed by atoms with Gasteiger partial charge in [-0.05, 0) is 64.7 Å². The summed E-state index contributed by atoms with van der Waals surface area (Å²) in [4.78, 5) is 0. The average molecular weight is 435 g/mol. The third kappa shape index (κ3) is 4.49. The van der Waals surface area contributed by atoms with Crippen LogP contribution in [0.3, 0.4) is 0 Å². The molecule has 0 saturated carbocycles. The van der Waals surface area contributed by atoms with E-state index in [0.717, 1.165) is 6.42 Å². The quantitative estimate of drug-likeness (QED) is 0.340. The first-order valence-electron chi connectivity index (χ1n) is 12.4. The number of rotatable bonds is 6. The summed E-state index contributed by atoms with van der Waals surface area (Å²) >= 11 is 0. The van der Waals surface area contributed by atoms with Gasteiger partial charge in [0.1, 0.15) is 0 Å². The third-order valence-electron chi connectivity index (χ3n) is 6.98. The molecule has 1 aliphatic rings. The Labute approximate surface area is 201 Å². The molecule has 1 unspecified atom stereocenters. The Hall–Kier alpha value is -2.86. The van der Waals surface area contributed by atoms with Gasteiger partial charge >= 0.3 is 0 Å². The highest BCUT2D eigenvalue weighted by atomic mass is 14.4. The zero-order valence-electron chi connectivity index (χ0n) is 21.4. The summed E-state index contributed by atoms with van der Waals surface area (Å²) in [7, 11) is 0. The SMILES string of the molecule is CCCC1=CC(C(c2cc(C)cc(C)c2)(c2cc(C)cc(C)c2)c2cc(C)cc(C)c2)C=C1. The molecule has 0 heterocycles. The summed E-state index contributed by atoms with van der Waals surface area (Å²) in [5, 5.41) is 0. The standard InChI is InChI=1S/C33H38/c1-8-9-28-10-11-29(21-28)33(30-15-22(2)12-23(3)16-30,31-17-24(4)13-25(5)18-31)32-19-26(6)14-27(7)20-32/h10-21,29H,8-9H2,1-7H3. The van der Waals surface area contributed by atoms with Crippen LogP contribution >= 0.6 is 0 Å². The van der Waals surface area contributed by atoms with Gasteiger partial charge in [0.25, 0.3) is 0 Å². The molecule has 0 fully saturated rings. The fourth-order valence-electron chi connectivity index (χ4n) is 5.98. The molecule has 0 heteroatoms. The van der Waals surface area contributed by atoms with Gasteiger partial charge in [0, 0.05) is 5.92 Å². The molecule has 0 spiro atoms. The van der Waals surface area contributed by atoms with Crippen molar-refractivity contribution in [2.24, 2.45) is 5.92 Å². The molecule has 0 bridgehead atoms. The summed E-state index contributed by atoms with van der Waals surface area (Å²) < 4.78 is 0. The number of benzene rings is 3. The smallest absolute Gasteiger partial charge is 0.0549 e. The molecule has 3 aromatic rings. The molecule has 170 valence electrons. The van der Waals surface area contributed by atoms with Gasteiger partial charge < -0.3 is 0 Å². The van der Waals surface area contributed by atoms with Gasteiger partial charge in [-0.25, -0.2) is 0 Å². The molecule has 0 aromatic heterocycles. The van der Waals surface area contributed by atoms with E-state index in [4.69, 9.17) is 0 Å². The Kier molecular flexibility index (Phi) is 6.48. The molecule has 1 aliphatic carbocycles. The maximum Gasteiger partial charge on any atom is 0.0549 e. The van der Waals surface area contributed by atoms with Crippen molar-refractivity contribution in [2.45, 2.75) is 66.7 Å². The predicted molar refractivity (Wildman–Crippen MR) is 143 cm³/mol. The summed E-state index contributed by atoms with van der Waals surface area (Å²) in [5.74, 6) is 0.266. The molecular weight excluding hydrogens is 396 g/mol. The molecule has 0 aliphatic heterocycles. The first-order valence-corrected chi connectivity index (χ1v) is 12.4. The fraction of sp³-hybridized carbons (Fsp3) is 0.333. The van der Waals surface area contributed by atoms with Crippen LogP contribution in [-0.2, 0) is 5.41 Å². The van der Waals surface area contributed by atoms with Crippen LogP contribution in [0.4, 0.5) is 0 Å². The van der Waals surface area contributed by atoms with Crippen molar-refractivity contribution in [1.82, 2.24) is 0 Å². The molecule has 33 heavy (non-hydrogen) atoms. The lowest BCUT2D eigenvalue weighted by Crippen LogP contribution is -2.36. The molecule has 0 nitrogen and oxygen atoms in total. The van der Waals surface area contributed by atoms with E-state index in [1.807, 2.05) is 0 Å². The van der Waals surface area contributed by atoms with Crippen LogP contribution in [-0.4, -0.2) is 0 Å². The van der Waals surface area contributed by atoms with Gasteiger partial charge in [-0.2, -0.15) is 0 Å². The van der Waals surface area contributed by atoms with Crippen molar-refractivity contribution in [3.8, 4) is 0 Å². The zero-order chi connectivity index (χ0) is 23.8. The Morgan fingerprint density at radius 1 is 0.576 bits per heavy atom. The second-order valence-corrected chi connectivity index (χ2v) is 10.3. The molecule has 0 radical (unpaired) electrons. The molecule has 4 rings (SSSR count). The molecular formula is C33H38. The van der Waals surface area contributed by atoms with Crippen molar-refractivity contribution in [2.75, 3.05) is 0 Å². The Bertz CT molecular complexity index is 1050. The minimum Gasteiger partial charge on any atom is -0.0758 e. The van der Waals surface area contributed by atoms with Gasteiger partial charge in [-0.1, -0.05) is 125 Å². The van der Waals surface area contributed by atoms with E-state index in [-0.39, 0.29) is 11.3 Å². The molecule has 3 aromatic carbocycles. The molecule has 1 atom stereocenters. The van der Waals surface area contributed by atoms with Crippen LogP contribution in [0.15, 0.2) is 78.4 Å². The number of hydrogen-bond acceptors (Lipinski definition) is 0. The van der Waals surface area contributed by atoms with E-state index in [9.17, 15) is 0 Å². The highest BCUT2D eigenvalue weighted by Crippen LogP contribution is 2.50. The van der Waals surface area contributed by atoms with Crippen LogP contribution in [0.2, 0.25) is 0 Å². The minimum absolute atomic E-state index is 0.266. The van der Waals surface area contributed by atoms with Crippen molar-refractivity contribution in [3.05, 3.63) is 128 Å². The number of aryl methyl sites for hydroxylation is 6. The highest BCUT2D eigenvalue weighted by molar-refractivity contribution is 5.58. The Balaban J connectivity index is 2.15. The normalized spacial score (nSPS) is 15.7. The van der Waals surface area contributed by atoms with E-state index in [1.54, 1.807) is 0 Å². The van der Waals surface area contributed by atoms with E-state index in [2.05, 4.69) is 121 Å². The van der Waals surface area contributed by atoms with Crippen LogP contribution < -0.4 is 0 Å². The summed E-state index contributed by atoms with van der Waals surface area (Å²) in [5.41, 5.74) is 13.3. The van der Waals surface area contributed by atoms with Gasteiger partial charge in [0.2, 0.25) is 0 Å².